The Hall–Kier alpha value is -2.20. The Morgan fingerprint density at radius 1 is 1.17 bits per heavy atom. The van der Waals surface area contributed by atoms with Crippen LogP contribution in [-0.2, 0) is 4.74 Å². The third-order valence-electron chi connectivity index (χ3n) is 2.63. The SMILES string of the molecule is O=Cc1ccc(C(=O)OCCO)c2ccccc12. The molecule has 0 fully saturated rings. The number of fused-ring (bicyclic) bond motifs is 1. The average Bonchev–Trinajstić information content (AvgIpc) is 2.43. The lowest BCUT2D eigenvalue weighted by Crippen LogP contribution is -2.09. The van der Waals surface area contributed by atoms with Crippen molar-refractivity contribution in [1.29, 1.82) is 0 Å². The fourth-order valence-electron chi connectivity index (χ4n) is 1.82. The molecule has 0 atom stereocenters. The zero-order valence-electron chi connectivity index (χ0n) is 9.63. The van der Waals surface area contributed by atoms with Crippen molar-refractivity contribution >= 4 is 23.0 Å². The molecule has 0 unspecified atom stereocenters. The lowest BCUT2D eigenvalue weighted by molar-refractivity contribution is 0.0436. The fourth-order valence-corrected chi connectivity index (χ4v) is 1.82. The van der Waals surface area contributed by atoms with Crippen molar-refractivity contribution in [1.82, 2.24) is 0 Å². The number of ether oxygens (including phenoxy) is 1. The number of aldehydes is 1. The summed E-state index contributed by atoms with van der Waals surface area (Å²) in [6.07, 6.45) is 0.755. The molecule has 0 saturated heterocycles. The minimum absolute atomic E-state index is 0.0391. The molecule has 18 heavy (non-hydrogen) atoms. The van der Waals surface area contributed by atoms with Crippen LogP contribution in [0.4, 0.5) is 0 Å². The Kier molecular flexibility index (Phi) is 3.69. The van der Waals surface area contributed by atoms with Crippen molar-refractivity contribution in [2.24, 2.45) is 0 Å². The van der Waals surface area contributed by atoms with E-state index in [2.05, 4.69) is 0 Å². The molecule has 0 aliphatic heterocycles. The van der Waals surface area contributed by atoms with Crippen molar-refractivity contribution in [3.63, 3.8) is 0 Å². The van der Waals surface area contributed by atoms with Gasteiger partial charge in [0, 0.05) is 5.56 Å². The Bertz CT molecular complexity index is 589. The Morgan fingerprint density at radius 3 is 2.56 bits per heavy atom. The molecule has 4 nitrogen and oxygen atoms in total. The van der Waals surface area contributed by atoms with Crippen LogP contribution in [-0.4, -0.2) is 30.6 Å². The maximum absolute atomic E-state index is 11.8. The second-order valence-corrected chi connectivity index (χ2v) is 3.73. The van der Waals surface area contributed by atoms with Crippen LogP contribution in [0, 0.1) is 0 Å². The van der Waals surface area contributed by atoms with Crippen LogP contribution in [0.2, 0.25) is 0 Å². The molecule has 0 spiro atoms. The molecule has 2 aromatic rings. The first-order valence-corrected chi connectivity index (χ1v) is 5.53. The van der Waals surface area contributed by atoms with Gasteiger partial charge in [-0.05, 0) is 16.8 Å². The van der Waals surface area contributed by atoms with E-state index in [0.29, 0.717) is 21.9 Å². The second kappa shape index (κ2) is 5.42. The number of benzene rings is 2. The van der Waals surface area contributed by atoms with Crippen LogP contribution in [0.1, 0.15) is 20.7 Å². The number of aliphatic hydroxyl groups is 1. The molecule has 0 radical (unpaired) electrons. The maximum atomic E-state index is 11.8. The monoisotopic (exact) mass is 244 g/mol. The van der Waals surface area contributed by atoms with Crippen molar-refractivity contribution < 1.29 is 19.4 Å². The van der Waals surface area contributed by atoms with Gasteiger partial charge >= 0.3 is 5.97 Å². The van der Waals surface area contributed by atoms with Crippen molar-refractivity contribution in [3.8, 4) is 0 Å². The second-order valence-electron chi connectivity index (χ2n) is 3.73. The van der Waals surface area contributed by atoms with Crippen LogP contribution in [0.3, 0.4) is 0 Å². The Labute approximate surface area is 104 Å². The summed E-state index contributed by atoms with van der Waals surface area (Å²) < 4.78 is 4.88. The number of hydrogen-bond donors (Lipinski definition) is 1. The molecule has 1 N–H and O–H groups in total. The highest BCUT2D eigenvalue weighted by Gasteiger charge is 2.12. The summed E-state index contributed by atoms with van der Waals surface area (Å²) in [5.74, 6) is -0.502. The molecular formula is C14H12O4. The molecule has 0 aliphatic rings. The van der Waals surface area contributed by atoms with Gasteiger partial charge in [-0.2, -0.15) is 0 Å². The minimum atomic E-state index is -0.502. The molecule has 0 saturated carbocycles. The quantitative estimate of drug-likeness (QED) is 0.658. The largest absolute Gasteiger partial charge is 0.460 e. The van der Waals surface area contributed by atoms with Crippen LogP contribution in [0.15, 0.2) is 36.4 Å². The van der Waals surface area contributed by atoms with Crippen molar-refractivity contribution in [2.75, 3.05) is 13.2 Å². The van der Waals surface area contributed by atoms with E-state index < -0.39 is 5.97 Å². The lowest BCUT2D eigenvalue weighted by atomic mass is 10.0. The number of carbonyl (C=O) groups is 2. The highest BCUT2D eigenvalue weighted by molar-refractivity contribution is 6.09. The van der Waals surface area contributed by atoms with Crippen LogP contribution >= 0.6 is 0 Å². The third-order valence-corrected chi connectivity index (χ3v) is 2.63. The first kappa shape index (κ1) is 12.3. The molecule has 0 aliphatic carbocycles. The normalized spacial score (nSPS) is 10.3. The van der Waals surface area contributed by atoms with Gasteiger partial charge in [0.15, 0.2) is 6.29 Å². The van der Waals surface area contributed by atoms with E-state index in [4.69, 9.17) is 9.84 Å². The Balaban J connectivity index is 2.52. The molecule has 92 valence electrons. The molecule has 0 aromatic heterocycles. The van der Waals surface area contributed by atoms with E-state index in [1.807, 2.05) is 0 Å². The summed E-state index contributed by atoms with van der Waals surface area (Å²) in [5.41, 5.74) is 0.925. The van der Waals surface area contributed by atoms with Gasteiger partial charge in [0.1, 0.15) is 6.61 Å². The number of aliphatic hydroxyl groups excluding tert-OH is 1. The van der Waals surface area contributed by atoms with E-state index in [0.717, 1.165) is 6.29 Å². The zero-order valence-corrected chi connectivity index (χ0v) is 9.63. The maximum Gasteiger partial charge on any atom is 0.338 e. The summed E-state index contributed by atoms with van der Waals surface area (Å²) in [4.78, 5) is 22.7. The minimum Gasteiger partial charge on any atom is -0.460 e. The van der Waals surface area contributed by atoms with E-state index in [1.165, 1.54) is 0 Å². The van der Waals surface area contributed by atoms with Crippen LogP contribution < -0.4 is 0 Å². The van der Waals surface area contributed by atoms with Crippen molar-refractivity contribution in [2.45, 2.75) is 0 Å². The van der Waals surface area contributed by atoms with Gasteiger partial charge in [0.05, 0.1) is 12.2 Å². The van der Waals surface area contributed by atoms with Crippen molar-refractivity contribution in [3.05, 3.63) is 47.5 Å². The van der Waals surface area contributed by atoms with Gasteiger partial charge in [-0.15, -0.1) is 0 Å². The third kappa shape index (κ3) is 2.24. The molecule has 0 bridgehead atoms. The van der Waals surface area contributed by atoms with Gasteiger partial charge in [-0.3, -0.25) is 4.79 Å². The zero-order chi connectivity index (χ0) is 13.0. The molecule has 4 heteroatoms. The summed E-state index contributed by atoms with van der Waals surface area (Å²) in [6, 6.07) is 10.3. The molecule has 2 aromatic carbocycles. The summed E-state index contributed by atoms with van der Waals surface area (Å²) in [6.45, 7) is -0.251. The molecule has 0 heterocycles. The molecule has 0 amide bonds. The summed E-state index contributed by atoms with van der Waals surface area (Å²) in [5, 5.41) is 10.0. The highest BCUT2D eigenvalue weighted by atomic mass is 16.5. The smallest absolute Gasteiger partial charge is 0.338 e. The van der Waals surface area contributed by atoms with Crippen LogP contribution in [0.25, 0.3) is 10.8 Å². The first-order valence-electron chi connectivity index (χ1n) is 5.53. The first-order chi connectivity index (χ1) is 8.77. The predicted molar refractivity (Wildman–Crippen MR) is 66.7 cm³/mol. The number of carbonyl (C=O) groups excluding carboxylic acids is 2. The van der Waals surface area contributed by atoms with Gasteiger partial charge in [-0.1, -0.05) is 30.3 Å². The standard InChI is InChI=1S/C14H12O4/c15-7-8-18-14(17)13-6-5-10(9-16)11-3-1-2-4-12(11)13/h1-6,9,15H,7-8H2. The summed E-state index contributed by atoms with van der Waals surface area (Å²) >= 11 is 0. The Morgan fingerprint density at radius 2 is 1.89 bits per heavy atom. The topological polar surface area (TPSA) is 63.6 Å². The molecule has 2 rings (SSSR count). The lowest BCUT2D eigenvalue weighted by Gasteiger charge is -2.07. The van der Waals surface area contributed by atoms with Gasteiger partial charge in [-0.25, -0.2) is 4.79 Å². The average molecular weight is 244 g/mol. The van der Waals surface area contributed by atoms with E-state index in [1.54, 1.807) is 36.4 Å². The number of hydrogen-bond acceptors (Lipinski definition) is 4. The summed E-state index contributed by atoms with van der Waals surface area (Å²) in [7, 11) is 0. The highest BCUT2D eigenvalue weighted by Crippen LogP contribution is 2.22. The van der Waals surface area contributed by atoms with Crippen LogP contribution in [0.5, 0.6) is 0 Å². The van der Waals surface area contributed by atoms with E-state index in [-0.39, 0.29) is 13.2 Å². The van der Waals surface area contributed by atoms with E-state index in [9.17, 15) is 9.59 Å². The molecular weight excluding hydrogens is 232 g/mol. The van der Waals surface area contributed by atoms with Gasteiger partial charge < -0.3 is 9.84 Å². The van der Waals surface area contributed by atoms with Gasteiger partial charge in [0.2, 0.25) is 0 Å². The number of rotatable bonds is 4. The predicted octanol–water partition coefficient (Wildman–Crippen LogP) is 1.80. The van der Waals surface area contributed by atoms with Gasteiger partial charge in [0.25, 0.3) is 0 Å². The number of esters is 1. The fraction of sp³-hybridized carbons (Fsp3) is 0.143. The van der Waals surface area contributed by atoms with E-state index >= 15 is 0 Å².